The van der Waals surface area contributed by atoms with Crippen molar-refractivity contribution in [2.45, 2.75) is 59.0 Å². The van der Waals surface area contributed by atoms with Crippen molar-refractivity contribution in [1.29, 1.82) is 0 Å². The van der Waals surface area contributed by atoms with E-state index in [9.17, 15) is 0 Å². The molecule has 0 aliphatic heterocycles. The zero-order valence-corrected chi connectivity index (χ0v) is 13.6. The van der Waals surface area contributed by atoms with E-state index in [1.807, 2.05) is 10.9 Å². The molecule has 0 spiro atoms. The molecule has 0 amide bonds. The van der Waals surface area contributed by atoms with Crippen LogP contribution in [0.25, 0.3) is 0 Å². The Morgan fingerprint density at radius 3 is 2.90 bits per heavy atom. The van der Waals surface area contributed by atoms with E-state index in [1.165, 1.54) is 32.1 Å². The molecular weight excluding hydrogens is 264 g/mol. The summed E-state index contributed by atoms with van der Waals surface area (Å²) in [6.45, 7) is 8.65. The first-order chi connectivity index (χ1) is 10.2. The number of nitrogens with one attached hydrogen (secondary N) is 1. The maximum atomic E-state index is 5.79. The second kappa shape index (κ2) is 9.15. The van der Waals surface area contributed by atoms with Crippen LogP contribution in [0.3, 0.4) is 0 Å². The smallest absolute Gasteiger partial charge is 0.0964 e. The molecule has 5 nitrogen and oxygen atoms in total. The van der Waals surface area contributed by atoms with Gasteiger partial charge in [-0.25, -0.2) is 4.68 Å². The average Bonchev–Trinajstić information content (AvgIpc) is 2.92. The third kappa shape index (κ3) is 6.57. The lowest BCUT2D eigenvalue weighted by Gasteiger charge is -2.21. The zero-order chi connectivity index (χ0) is 14.9. The number of ether oxygens (including phenoxy) is 1. The summed E-state index contributed by atoms with van der Waals surface area (Å²) < 4.78 is 7.68. The van der Waals surface area contributed by atoms with Crippen LogP contribution in [0.5, 0.6) is 0 Å². The van der Waals surface area contributed by atoms with E-state index in [1.54, 1.807) is 0 Å². The standard InChI is InChI=1S/C16H30N4O/c1-14(2)10-17-11-16-12-20(19-18-16)8-9-21-13-15-6-4-3-5-7-15/h12,14-15,17H,3-11,13H2,1-2H3. The first kappa shape index (κ1) is 16.4. The van der Waals surface area contributed by atoms with E-state index in [4.69, 9.17) is 4.74 Å². The topological polar surface area (TPSA) is 52.0 Å². The predicted octanol–water partition coefficient (Wildman–Crippen LogP) is 2.62. The lowest BCUT2D eigenvalue weighted by atomic mass is 9.90. The van der Waals surface area contributed by atoms with Gasteiger partial charge < -0.3 is 10.1 Å². The van der Waals surface area contributed by atoms with Crippen LogP contribution in [-0.2, 0) is 17.8 Å². The van der Waals surface area contributed by atoms with Crippen LogP contribution in [0.2, 0.25) is 0 Å². The number of hydrogen-bond acceptors (Lipinski definition) is 4. The van der Waals surface area contributed by atoms with Gasteiger partial charge in [-0.3, -0.25) is 0 Å². The molecule has 0 bridgehead atoms. The Hall–Kier alpha value is -0.940. The number of rotatable bonds is 9. The molecule has 2 rings (SSSR count). The van der Waals surface area contributed by atoms with Crippen molar-refractivity contribution in [2.24, 2.45) is 11.8 Å². The van der Waals surface area contributed by atoms with E-state index >= 15 is 0 Å². The van der Waals surface area contributed by atoms with Gasteiger partial charge in [-0.2, -0.15) is 0 Å². The molecular formula is C16H30N4O. The first-order valence-electron chi connectivity index (χ1n) is 8.41. The Bertz CT molecular complexity index is 385. The van der Waals surface area contributed by atoms with Crippen molar-refractivity contribution in [3.63, 3.8) is 0 Å². The van der Waals surface area contributed by atoms with Crippen LogP contribution in [0, 0.1) is 11.8 Å². The lowest BCUT2D eigenvalue weighted by molar-refractivity contribution is 0.0779. The Morgan fingerprint density at radius 1 is 1.33 bits per heavy atom. The molecule has 21 heavy (non-hydrogen) atoms. The Balaban J connectivity index is 1.57. The molecule has 1 fully saturated rings. The Morgan fingerprint density at radius 2 is 2.14 bits per heavy atom. The van der Waals surface area contributed by atoms with Gasteiger partial charge in [-0.1, -0.05) is 38.3 Å². The highest BCUT2D eigenvalue weighted by Crippen LogP contribution is 2.23. The Kier molecular flexibility index (Phi) is 7.16. The maximum Gasteiger partial charge on any atom is 0.0964 e. The molecule has 1 aromatic heterocycles. The molecule has 0 atom stereocenters. The fourth-order valence-corrected chi connectivity index (χ4v) is 2.78. The summed E-state index contributed by atoms with van der Waals surface area (Å²) in [5.74, 6) is 1.44. The zero-order valence-electron chi connectivity index (χ0n) is 13.6. The van der Waals surface area contributed by atoms with Gasteiger partial charge in [-0.05, 0) is 31.2 Å². The van der Waals surface area contributed by atoms with E-state index in [0.29, 0.717) is 5.92 Å². The predicted molar refractivity (Wildman–Crippen MR) is 84.0 cm³/mol. The summed E-state index contributed by atoms with van der Waals surface area (Å²) in [6, 6.07) is 0. The van der Waals surface area contributed by atoms with Crippen molar-refractivity contribution in [3.05, 3.63) is 11.9 Å². The molecule has 0 unspecified atom stereocenters. The highest BCUT2D eigenvalue weighted by atomic mass is 16.5. The molecule has 0 aromatic carbocycles. The number of nitrogens with zero attached hydrogens (tertiary/aromatic N) is 3. The molecule has 5 heteroatoms. The van der Waals surface area contributed by atoms with E-state index in [-0.39, 0.29) is 0 Å². The van der Waals surface area contributed by atoms with Crippen LogP contribution in [-0.4, -0.2) is 34.8 Å². The molecule has 1 aliphatic rings. The van der Waals surface area contributed by atoms with Gasteiger partial charge >= 0.3 is 0 Å². The quantitative estimate of drug-likeness (QED) is 0.711. The van der Waals surface area contributed by atoms with Gasteiger partial charge in [-0.15, -0.1) is 5.10 Å². The second-order valence-electron chi connectivity index (χ2n) is 6.58. The minimum absolute atomic E-state index is 0.660. The largest absolute Gasteiger partial charge is 0.379 e. The van der Waals surface area contributed by atoms with E-state index in [2.05, 4.69) is 29.5 Å². The van der Waals surface area contributed by atoms with Crippen molar-refractivity contribution < 1.29 is 4.74 Å². The monoisotopic (exact) mass is 294 g/mol. The number of aromatic nitrogens is 3. The fourth-order valence-electron chi connectivity index (χ4n) is 2.78. The highest BCUT2D eigenvalue weighted by Gasteiger charge is 2.13. The van der Waals surface area contributed by atoms with Gasteiger partial charge in [0.15, 0.2) is 0 Å². The highest BCUT2D eigenvalue weighted by molar-refractivity contribution is 4.91. The van der Waals surface area contributed by atoms with Crippen LogP contribution in [0.4, 0.5) is 0 Å². The van der Waals surface area contributed by atoms with Crippen molar-refractivity contribution in [1.82, 2.24) is 20.3 Å². The average molecular weight is 294 g/mol. The van der Waals surface area contributed by atoms with Gasteiger partial charge in [0, 0.05) is 19.3 Å². The van der Waals surface area contributed by atoms with E-state index in [0.717, 1.165) is 44.5 Å². The Labute approximate surface area is 128 Å². The summed E-state index contributed by atoms with van der Waals surface area (Å²) in [7, 11) is 0. The fraction of sp³-hybridized carbons (Fsp3) is 0.875. The normalized spacial score (nSPS) is 16.7. The van der Waals surface area contributed by atoms with Crippen LogP contribution in [0.15, 0.2) is 6.20 Å². The summed E-state index contributed by atoms with van der Waals surface area (Å²) >= 11 is 0. The minimum atomic E-state index is 0.660. The summed E-state index contributed by atoms with van der Waals surface area (Å²) in [5, 5.41) is 11.7. The van der Waals surface area contributed by atoms with Gasteiger partial charge in [0.05, 0.1) is 18.8 Å². The number of hydrogen-bond donors (Lipinski definition) is 1. The summed E-state index contributed by atoms with van der Waals surface area (Å²) in [6.07, 6.45) is 8.86. The molecule has 1 aliphatic carbocycles. The molecule has 1 aromatic rings. The molecule has 0 radical (unpaired) electrons. The molecule has 0 saturated heterocycles. The second-order valence-corrected chi connectivity index (χ2v) is 6.58. The maximum absolute atomic E-state index is 5.79. The molecule has 1 saturated carbocycles. The third-order valence-electron chi connectivity index (χ3n) is 3.99. The van der Waals surface area contributed by atoms with Gasteiger partial charge in [0.1, 0.15) is 0 Å². The minimum Gasteiger partial charge on any atom is -0.379 e. The third-order valence-corrected chi connectivity index (χ3v) is 3.99. The van der Waals surface area contributed by atoms with Crippen LogP contribution >= 0.6 is 0 Å². The SMILES string of the molecule is CC(C)CNCc1cn(CCOCC2CCCCC2)nn1. The van der Waals surface area contributed by atoms with Crippen molar-refractivity contribution in [3.8, 4) is 0 Å². The van der Waals surface area contributed by atoms with Crippen molar-refractivity contribution >= 4 is 0 Å². The van der Waals surface area contributed by atoms with Crippen LogP contribution < -0.4 is 5.32 Å². The summed E-state index contributed by atoms with van der Waals surface area (Å²) in [5.41, 5.74) is 1.00. The van der Waals surface area contributed by atoms with Gasteiger partial charge in [0.25, 0.3) is 0 Å². The van der Waals surface area contributed by atoms with Crippen molar-refractivity contribution in [2.75, 3.05) is 19.8 Å². The van der Waals surface area contributed by atoms with E-state index < -0.39 is 0 Å². The lowest BCUT2D eigenvalue weighted by Crippen LogP contribution is -2.19. The molecule has 1 heterocycles. The molecule has 1 N–H and O–H groups in total. The van der Waals surface area contributed by atoms with Gasteiger partial charge in [0.2, 0.25) is 0 Å². The van der Waals surface area contributed by atoms with Crippen LogP contribution in [0.1, 0.15) is 51.6 Å². The summed E-state index contributed by atoms with van der Waals surface area (Å²) in [4.78, 5) is 0. The molecule has 120 valence electrons. The first-order valence-corrected chi connectivity index (χ1v) is 8.41.